The van der Waals surface area contributed by atoms with Crippen molar-refractivity contribution in [1.82, 2.24) is 0 Å². The molecule has 0 atom stereocenters. The van der Waals surface area contributed by atoms with E-state index >= 15 is 0 Å². The third-order valence-electron chi connectivity index (χ3n) is 1.56. The Morgan fingerprint density at radius 3 is 2.00 bits per heavy atom. The first-order chi connectivity index (χ1) is 7.39. The molecule has 90 valence electrons. The number of carbonyl (C=O) groups is 1. The molecular weight excluding hydrogens is 252 g/mol. The van der Waals surface area contributed by atoms with Gasteiger partial charge in [-0.2, -0.15) is 0 Å². The molecule has 1 aromatic carbocycles. The van der Waals surface area contributed by atoms with Crippen LogP contribution in [0.15, 0.2) is 29.2 Å². The quantitative estimate of drug-likeness (QED) is 0.850. The molecule has 1 rings (SSSR count). The monoisotopic (exact) mass is 264 g/mol. The molecule has 0 amide bonds. The van der Waals surface area contributed by atoms with Gasteiger partial charge in [0, 0.05) is 10.7 Å². The molecule has 0 saturated carbocycles. The Morgan fingerprint density at radius 1 is 1.25 bits per heavy atom. The summed E-state index contributed by atoms with van der Waals surface area (Å²) in [6.45, 7) is 4.00. The maximum atomic E-state index is 10.8. The van der Waals surface area contributed by atoms with Crippen LogP contribution in [0.4, 0.5) is 0 Å². The van der Waals surface area contributed by atoms with Crippen LogP contribution < -0.4 is 0 Å². The van der Waals surface area contributed by atoms with Gasteiger partial charge in [0.2, 0.25) is 0 Å². The van der Waals surface area contributed by atoms with Gasteiger partial charge in [0.05, 0.1) is 11.3 Å². The first-order valence-corrected chi connectivity index (χ1v) is 6.96. The minimum atomic E-state index is -3.72. The summed E-state index contributed by atoms with van der Waals surface area (Å²) in [5.74, 6) is -0.966. The summed E-state index contributed by atoms with van der Waals surface area (Å²) >= 11 is 0. The zero-order valence-corrected chi connectivity index (χ0v) is 10.5. The standard InChI is InChI=1S/C8H7ClO4S.C2H6/c9-14(12,13)7-3-1-6(2-4-7)5-8(10)11;1-2/h1-4H,5H2,(H,10,11);1-2H3. The van der Waals surface area contributed by atoms with Gasteiger partial charge in [-0.15, -0.1) is 0 Å². The average molecular weight is 265 g/mol. The maximum absolute atomic E-state index is 10.8. The molecule has 0 unspecified atom stereocenters. The van der Waals surface area contributed by atoms with Crippen LogP contribution in [0.2, 0.25) is 0 Å². The van der Waals surface area contributed by atoms with Gasteiger partial charge in [0.1, 0.15) is 0 Å². The number of carboxylic acids is 1. The van der Waals surface area contributed by atoms with Gasteiger partial charge in [-0.05, 0) is 17.7 Å². The van der Waals surface area contributed by atoms with Crippen LogP contribution in [0.5, 0.6) is 0 Å². The van der Waals surface area contributed by atoms with Crippen LogP contribution in [0.25, 0.3) is 0 Å². The molecule has 6 heteroatoms. The second-order valence-corrected chi connectivity index (χ2v) is 5.22. The highest BCUT2D eigenvalue weighted by Crippen LogP contribution is 2.15. The van der Waals surface area contributed by atoms with Crippen molar-refractivity contribution in [3.05, 3.63) is 29.8 Å². The number of aliphatic carboxylic acids is 1. The highest BCUT2D eigenvalue weighted by molar-refractivity contribution is 8.13. The Labute approximate surface area is 99.3 Å². The largest absolute Gasteiger partial charge is 0.481 e. The second-order valence-electron chi connectivity index (χ2n) is 2.65. The molecule has 0 aliphatic carbocycles. The third-order valence-corrected chi connectivity index (χ3v) is 2.93. The van der Waals surface area contributed by atoms with E-state index in [9.17, 15) is 13.2 Å². The number of benzene rings is 1. The first kappa shape index (κ1) is 14.9. The van der Waals surface area contributed by atoms with Crippen LogP contribution in [-0.2, 0) is 20.3 Å². The van der Waals surface area contributed by atoms with Gasteiger partial charge >= 0.3 is 5.97 Å². The average Bonchev–Trinajstić information content (AvgIpc) is 2.19. The molecule has 16 heavy (non-hydrogen) atoms. The first-order valence-electron chi connectivity index (χ1n) is 4.65. The van der Waals surface area contributed by atoms with Crippen molar-refractivity contribution in [3.8, 4) is 0 Å². The van der Waals surface area contributed by atoms with Crippen molar-refractivity contribution in [3.63, 3.8) is 0 Å². The fraction of sp³-hybridized carbons (Fsp3) is 0.300. The van der Waals surface area contributed by atoms with E-state index in [1.165, 1.54) is 24.3 Å². The maximum Gasteiger partial charge on any atom is 0.307 e. The summed E-state index contributed by atoms with van der Waals surface area (Å²) in [6, 6.07) is 5.40. The summed E-state index contributed by atoms with van der Waals surface area (Å²) in [7, 11) is 1.35. The molecule has 0 saturated heterocycles. The Morgan fingerprint density at radius 2 is 1.69 bits per heavy atom. The van der Waals surface area contributed by atoms with Crippen molar-refractivity contribution in [1.29, 1.82) is 0 Å². The van der Waals surface area contributed by atoms with Crippen molar-refractivity contribution < 1.29 is 18.3 Å². The number of hydrogen-bond donors (Lipinski definition) is 1. The predicted molar refractivity (Wildman–Crippen MR) is 62.2 cm³/mol. The van der Waals surface area contributed by atoms with Gasteiger partial charge in [0.25, 0.3) is 9.05 Å². The normalized spacial score (nSPS) is 10.2. The minimum absolute atomic E-state index is 0.0340. The Kier molecular flexibility index (Phi) is 6.06. The highest BCUT2D eigenvalue weighted by atomic mass is 35.7. The Hall–Kier alpha value is -1.07. The molecule has 1 N–H and O–H groups in total. The molecular formula is C10H13ClO4S. The molecule has 0 bridgehead atoms. The molecule has 0 radical (unpaired) electrons. The van der Waals surface area contributed by atoms with Crippen LogP contribution in [0.1, 0.15) is 19.4 Å². The van der Waals surface area contributed by atoms with Crippen molar-refractivity contribution in [2.75, 3.05) is 0 Å². The van der Waals surface area contributed by atoms with Gasteiger partial charge in [0.15, 0.2) is 0 Å². The lowest BCUT2D eigenvalue weighted by molar-refractivity contribution is -0.136. The smallest absolute Gasteiger partial charge is 0.307 e. The Balaban J connectivity index is 0.00000106. The fourth-order valence-corrected chi connectivity index (χ4v) is 1.71. The topological polar surface area (TPSA) is 71.4 Å². The summed E-state index contributed by atoms with van der Waals surface area (Å²) in [5.41, 5.74) is 0.529. The number of rotatable bonds is 3. The fourth-order valence-electron chi connectivity index (χ4n) is 0.944. The molecule has 4 nitrogen and oxygen atoms in total. The molecule has 0 aromatic heterocycles. The summed E-state index contributed by atoms with van der Waals surface area (Å²) in [5, 5.41) is 8.45. The molecule has 0 aliphatic heterocycles. The van der Waals surface area contributed by atoms with Crippen LogP contribution in [0, 0.1) is 0 Å². The van der Waals surface area contributed by atoms with Gasteiger partial charge in [-0.25, -0.2) is 8.42 Å². The SMILES string of the molecule is CC.O=C(O)Cc1ccc(S(=O)(=O)Cl)cc1. The minimum Gasteiger partial charge on any atom is -0.481 e. The summed E-state index contributed by atoms with van der Waals surface area (Å²) < 4.78 is 21.6. The molecule has 0 fully saturated rings. The summed E-state index contributed by atoms with van der Waals surface area (Å²) in [4.78, 5) is 10.3. The van der Waals surface area contributed by atoms with Crippen molar-refractivity contribution in [2.24, 2.45) is 0 Å². The Bertz CT molecular complexity index is 436. The van der Waals surface area contributed by atoms with E-state index in [0.29, 0.717) is 5.56 Å². The van der Waals surface area contributed by atoms with Crippen LogP contribution >= 0.6 is 10.7 Å². The lowest BCUT2D eigenvalue weighted by Gasteiger charge is -1.98. The highest BCUT2D eigenvalue weighted by Gasteiger charge is 2.09. The molecule has 0 aliphatic rings. The van der Waals surface area contributed by atoms with E-state index in [2.05, 4.69) is 0 Å². The van der Waals surface area contributed by atoms with E-state index in [0.717, 1.165) is 0 Å². The molecule has 0 heterocycles. The van der Waals surface area contributed by atoms with Gasteiger partial charge in [-0.3, -0.25) is 4.79 Å². The lowest BCUT2D eigenvalue weighted by atomic mass is 10.2. The second kappa shape index (κ2) is 6.50. The molecule has 0 spiro atoms. The van der Waals surface area contributed by atoms with Gasteiger partial charge < -0.3 is 5.11 Å². The predicted octanol–water partition coefficient (Wildman–Crippen LogP) is 2.27. The zero-order chi connectivity index (χ0) is 12.8. The number of carboxylic acid groups (broad SMARTS) is 1. The lowest BCUT2D eigenvalue weighted by Crippen LogP contribution is -2.00. The van der Waals surface area contributed by atoms with E-state index in [-0.39, 0.29) is 11.3 Å². The van der Waals surface area contributed by atoms with Crippen LogP contribution in [-0.4, -0.2) is 19.5 Å². The van der Waals surface area contributed by atoms with Gasteiger partial charge in [-0.1, -0.05) is 26.0 Å². The van der Waals surface area contributed by atoms with E-state index in [4.69, 9.17) is 15.8 Å². The summed E-state index contributed by atoms with van der Waals surface area (Å²) in [6.07, 6.45) is -0.136. The number of hydrogen-bond acceptors (Lipinski definition) is 3. The van der Waals surface area contributed by atoms with Crippen molar-refractivity contribution >= 4 is 25.7 Å². The van der Waals surface area contributed by atoms with Crippen molar-refractivity contribution in [2.45, 2.75) is 25.2 Å². The van der Waals surface area contributed by atoms with E-state index < -0.39 is 15.0 Å². The van der Waals surface area contributed by atoms with E-state index in [1.54, 1.807) is 0 Å². The molecule has 1 aromatic rings. The van der Waals surface area contributed by atoms with E-state index in [1.807, 2.05) is 13.8 Å². The van der Waals surface area contributed by atoms with Crippen LogP contribution in [0.3, 0.4) is 0 Å². The third kappa shape index (κ3) is 5.14. The number of halogens is 1. The zero-order valence-electron chi connectivity index (χ0n) is 8.97.